The summed E-state index contributed by atoms with van der Waals surface area (Å²) in [7, 11) is 0. The topological polar surface area (TPSA) is 22.1 Å². The van der Waals surface area contributed by atoms with Gasteiger partial charge in [-0.05, 0) is 23.3 Å². The Bertz CT molecular complexity index is 728. The highest BCUT2D eigenvalue weighted by molar-refractivity contribution is 6.17. The van der Waals surface area contributed by atoms with Crippen molar-refractivity contribution in [1.82, 2.24) is 4.98 Å². The summed E-state index contributed by atoms with van der Waals surface area (Å²) in [5, 5.41) is 0. The third-order valence-electron chi connectivity index (χ3n) is 3.14. The minimum Gasteiger partial charge on any atom is -0.438 e. The Morgan fingerprint density at radius 3 is 2.48 bits per heavy atom. The van der Waals surface area contributed by atoms with E-state index in [9.17, 15) is 0 Å². The molecule has 0 saturated carbocycles. The quantitative estimate of drug-likeness (QED) is 0.611. The Morgan fingerprint density at radius 1 is 0.905 bits per heavy atom. The predicted octanol–water partition coefficient (Wildman–Crippen LogP) is 5.28. The number of benzene rings is 2. The van der Waals surface area contributed by atoms with Gasteiger partial charge in [-0.1, -0.05) is 48.5 Å². The summed E-state index contributed by atoms with van der Waals surface area (Å²) in [5.41, 5.74) is 3.14. The second-order valence-corrected chi connectivity index (χ2v) is 4.87. The second-order valence-electron chi connectivity index (χ2n) is 4.60. The van der Waals surface area contributed by atoms with Crippen LogP contribution in [0.5, 0.6) is 11.6 Å². The van der Waals surface area contributed by atoms with Gasteiger partial charge in [-0.3, -0.25) is 0 Å². The maximum atomic E-state index is 5.94. The van der Waals surface area contributed by atoms with Crippen molar-refractivity contribution in [2.24, 2.45) is 0 Å². The van der Waals surface area contributed by atoms with Crippen molar-refractivity contribution in [3.05, 3.63) is 78.5 Å². The molecule has 0 fully saturated rings. The summed E-state index contributed by atoms with van der Waals surface area (Å²) in [5.74, 6) is 1.78. The fourth-order valence-electron chi connectivity index (χ4n) is 2.11. The van der Waals surface area contributed by atoms with E-state index >= 15 is 0 Å². The first-order valence-electron chi connectivity index (χ1n) is 6.70. The van der Waals surface area contributed by atoms with Gasteiger partial charge in [-0.2, -0.15) is 0 Å². The van der Waals surface area contributed by atoms with E-state index in [1.807, 2.05) is 54.6 Å². The molecule has 1 aromatic heterocycles. The fourth-order valence-corrected chi connectivity index (χ4v) is 2.28. The molecule has 0 aliphatic heterocycles. The summed E-state index contributed by atoms with van der Waals surface area (Å²) < 4.78 is 5.94. The van der Waals surface area contributed by atoms with E-state index in [0.29, 0.717) is 11.8 Å². The van der Waals surface area contributed by atoms with E-state index in [-0.39, 0.29) is 0 Å². The zero-order chi connectivity index (χ0) is 14.5. The number of para-hydroxylation sites is 1. The Kier molecular flexibility index (Phi) is 4.17. The highest BCUT2D eigenvalue weighted by atomic mass is 35.5. The van der Waals surface area contributed by atoms with Crippen molar-refractivity contribution in [2.45, 2.75) is 5.88 Å². The smallest absolute Gasteiger partial charge is 0.219 e. The summed E-state index contributed by atoms with van der Waals surface area (Å²) in [6, 6.07) is 21.8. The molecule has 0 bridgehead atoms. The van der Waals surface area contributed by atoms with Crippen LogP contribution in [0.15, 0.2) is 72.9 Å². The van der Waals surface area contributed by atoms with Gasteiger partial charge in [0.15, 0.2) is 0 Å². The number of hydrogen-bond donors (Lipinski definition) is 0. The van der Waals surface area contributed by atoms with Crippen LogP contribution in [0.1, 0.15) is 5.56 Å². The Labute approximate surface area is 129 Å². The van der Waals surface area contributed by atoms with Gasteiger partial charge in [-0.15, -0.1) is 11.6 Å². The minimum atomic E-state index is 0.444. The minimum absolute atomic E-state index is 0.444. The lowest BCUT2D eigenvalue weighted by Crippen LogP contribution is -1.91. The van der Waals surface area contributed by atoms with Crippen LogP contribution in [-0.4, -0.2) is 4.98 Å². The molecule has 0 spiro atoms. The highest BCUT2D eigenvalue weighted by Crippen LogP contribution is 2.32. The first kappa shape index (κ1) is 13.7. The maximum Gasteiger partial charge on any atom is 0.219 e. The van der Waals surface area contributed by atoms with Crippen molar-refractivity contribution in [2.75, 3.05) is 0 Å². The van der Waals surface area contributed by atoms with Gasteiger partial charge in [-0.25, -0.2) is 4.98 Å². The van der Waals surface area contributed by atoms with Crippen LogP contribution in [0.4, 0.5) is 0 Å². The van der Waals surface area contributed by atoms with Crippen LogP contribution in [-0.2, 0) is 5.88 Å². The fraction of sp³-hybridized carbons (Fsp3) is 0.0556. The highest BCUT2D eigenvalue weighted by Gasteiger charge is 2.07. The molecule has 0 aliphatic carbocycles. The predicted molar refractivity (Wildman–Crippen MR) is 85.7 cm³/mol. The lowest BCUT2D eigenvalue weighted by molar-refractivity contribution is 0.464. The van der Waals surface area contributed by atoms with Gasteiger partial charge in [0.2, 0.25) is 5.88 Å². The average Bonchev–Trinajstić information content (AvgIpc) is 2.56. The summed E-state index contributed by atoms with van der Waals surface area (Å²) in [4.78, 5) is 4.24. The molecule has 1 heterocycles. The van der Waals surface area contributed by atoms with E-state index < -0.39 is 0 Å². The van der Waals surface area contributed by atoms with E-state index in [4.69, 9.17) is 16.3 Å². The van der Waals surface area contributed by atoms with Crippen LogP contribution < -0.4 is 4.74 Å². The zero-order valence-electron chi connectivity index (χ0n) is 11.4. The molecule has 3 aromatic rings. The molecule has 0 saturated heterocycles. The van der Waals surface area contributed by atoms with Crippen LogP contribution in [0.2, 0.25) is 0 Å². The van der Waals surface area contributed by atoms with Gasteiger partial charge in [0.1, 0.15) is 5.75 Å². The summed E-state index contributed by atoms with van der Waals surface area (Å²) in [6.45, 7) is 0. The monoisotopic (exact) mass is 295 g/mol. The molecule has 2 aromatic carbocycles. The van der Waals surface area contributed by atoms with E-state index in [1.54, 1.807) is 6.20 Å². The summed E-state index contributed by atoms with van der Waals surface area (Å²) >= 11 is 5.85. The van der Waals surface area contributed by atoms with Gasteiger partial charge >= 0.3 is 0 Å². The number of ether oxygens (including phenoxy) is 1. The van der Waals surface area contributed by atoms with E-state index in [2.05, 4.69) is 17.1 Å². The van der Waals surface area contributed by atoms with Crippen LogP contribution in [0.25, 0.3) is 11.1 Å². The van der Waals surface area contributed by atoms with Crippen LogP contribution >= 0.6 is 11.6 Å². The normalized spacial score (nSPS) is 10.3. The van der Waals surface area contributed by atoms with Crippen LogP contribution in [0.3, 0.4) is 0 Å². The number of halogens is 1. The lowest BCUT2D eigenvalue weighted by Gasteiger charge is -2.11. The number of pyridine rings is 1. The summed E-state index contributed by atoms with van der Waals surface area (Å²) in [6.07, 6.45) is 1.71. The number of aromatic nitrogens is 1. The molecule has 0 amide bonds. The van der Waals surface area contributed by atoms with Gasteiger partial charge in [0, 0.05) is 23.7 Å². The number of alkyl halides is 1. The standard InChI is InChI=1S/C18H14ClNO/c19-13-14-10-11-20-18(12-14)21-17-9-5-4-8-16(17)15-6-2-1-3-7-15/h1-12H,13H2. The first-order chi connectivity index (χ1) is 10.4. The largest absolute Gasteiger partial charge is 0.438 e. The molecular formula is C18H14ClNO. The van der Waals surface area contributed by atoms with Gasteiger partial charge in [0.05, 0.1) is 0 Å². The van der Waals surface area contributed by atoms with Gasteiger partial charge in [0.25, 0.3) is 0 Å². The van der Waals surface area contributed by atoms with E-state index in [0.717, 1.165) is 22.4 Å². The van der Waals surface area contributed by atoms with Crippen molar-refractivity contribution in [3.8, 4) is 22.8 Å². The zero-order valence-corrected chi connectivity index (χ0v) is 12.1. The Morgan fingerprint density at radius 2 is 1.67 bits per heavy atom. The average molecular weight is 296 g/mol. The molecule has 2 nitrogen and oxygen atoms in total. The third-order valence-corrected chi connectivity index (χ3v) is 3.45. The molecule has 3 rings (SSSR count). The first-order valence-corrected chi connectivity index (χ1v) is 7.23. The second kappa shape index (κ2) is 6.42. The lowest BCUT2D eigenvalue weighted by atomic mass is 10.1. The van der Waals surface area contributed by atoms with Crippen molar-refractivity contribution in [1.29, 1.82) is 0 Å². The number of rotatable bonds is 4. The van der Waals surface area contributed by atoms with Crippen molar-refractivity contribution < 1.29 is 4.74 Å². The molecule has 21 heavy (non-hydrogen) atoms. The molecule has 104 valence electrons. The third kappa shape index (κ3) is 3.23. The van der Waals surface area contributed by atoms with Crippen molar-refractivity contribution >= 4 is 11.6 Å². The van der Waals surface area contributed by atoms with Gasteiger partial charge < -0.3 is 4.74 Å². The molecule has 0 unspecified atom stereocenters. The Hall–Kier alpha value is -2.32. The molecule has 0 aliphatic rings. The SMILES string of the molecule is ClCc1ccnc(Oc2ccccc2-c2ccccc2)c1. The van der Waals surface area contributed by atoms with Crippen LogP contribution in [0, 0.1) is 0 Å². The molecule has 0 radical (unpaired) electrons. The Balaban J connectivity index is 1.96. The maximum absolute atomic E-state index is 5.94. The number of hydrogen-bond acceptors (Lipinski definition) is 2. The van der Waals surface area contributed by atoms with Crippen molar-refractivity contribution in [3.63, 3.8) is 0 Å². The number of nitrogens with zero attached hydrogens (tertiary/aromatic N) is 1. The van der Waals surface area contributed by atoms with E-state index in [1.165, 1.54) is 0 Å². The molecule has 0 N–H and O–H groups in total. The molecular weight excluding hydrogens is 282 g/mol. The molecule has 0 atom stereocenters. The molecule has 3 heteroatoms.